The van der Waals surface area contributed by atoms with Gasteiger partial charge in [0, 0.05) is 0 Å². The van der Waals surface area contributed by atoms with Crippen molar-refractivity contribution in [3.63, 3.8) is 0 Å². The predicted octanol–water partition coefficient (Wildman–Crippen LogP) is 0.185. The molecule has 0 saturated carbocycles. The monoisotopic (exact) mass is 144 g/mol. The zero-order valence-corrected chi connectivity index (χ0v) is 5.08. The van der Waals surface area contributed by atoms with Crippen LogP contribution in [0.15, 0.2) is 9.32 Å². The molecule has 0 aliphatic rings. The van der Waals surface area contributed by atoms with Crippen LogP contribution in [0.25, 0.3) is 0 Å². The maximum Gasteiger partial charge on any atom is 0.435 e. The van der Waals surface area contributed by atoms with Crippen LogP contribution < -0.4 is 5.63 Å². The fraction of sp³-hybridized carbons (Fsp3) is 0.250. The van der Waals surface area contributed by atoms with E-state index in [0.717, 1.165) is 0 Å². The van der Waals surface area contributed by atoms with Gasteiger partial charge in [-0.3, -0.25) is 10.1 Å². The highest BCUT2D eigenvalue weighted by atomic mass is 16.6. The number of hydrogen-bond donors (Lipinski definition) is 1. The first-order valence-electron chi connectivity index (χ1n) is 2.45. The molecule has 0 fully saturated rings. The summed E-state index contributed by atoms with van der Waals surface area (Å²) in [5.41, 5.74) is -1.34. The van der Waals surface area contributed by atoms with Crippen LogP contribution in [0.4, 0.5) is 5.69 Å². The van der Waals surface area contributed by atoms with Crippen LogP contribution in [-0.2, 0) is 0 Å². The van der Waals surface area contributed by atoms with Crippen molar-refractivity contribution >= 4 is 5.69 Å². The maximum atomic E-state index is 10.4. The van der Waals surface area contributed by atoms with Crippen LogP contribution in [0, 0.1) is 17.0 Å². The Balaban J connectivity index is 3.37. The summed E-state index contributed by atoms with van der Waals surface area (Å²) >= 11 is 0. The van der Waals surface area contributed by atoms with Crippen molar-refractivity contribution in [1.29, 1.82) is 0 Å². The molecule has 1 rings (SSSR count). The lowest BCUT2D eigenvalue weighted by Gasteiger charge is -1.80. The molecule has 0 aliphatic carbocycles. The molecule has 6 nitrogen and oxygen atoms in total. The first-order chi connectivity index (χ1) is 4.63. The van der Waals surface area contributed by atoms with Gasteiger partial charge < -0.3 is 4.52 Å². The summed E-state index contributed by atoms with van der Waals surface area (Å²) in [6.45, 7) is 1.39. The Morgan fingerprint density at radius 1 is 1.70 bits per heavy atom. The smallest absolute Gasteiger partial charge is 0.333 e. The zero-order chi connectivity index (χ0) is 7.72. The molecule has 0 aromatic carbocycles. The second-order valence-corrected chi connectivity index (χ2v) is 1.72. The Labute approximate surface area is 54.6 Å². The lowest BCUT2D eigenvalue weighted by Crippen LogP contribution is -2.01. The molecular weight excluding hydrogens is 140 g/mol. The highest BCUT2D eigenvalue weighted by Gasteiger charge is 2.19. The van der Waals surface area contributed by atoms with E-state index in [0.29, 0.717) is 0 Å². The summed E-state index contributed by atoms with van der Waals surface area (Å²) in [5, 5.41) is 12.1. The van der Waals surface area contributed by atoms with Gasteiger partial charge in [-0.05, 0) is 6.92 Å². The minimum Gasteiger partial charge on any atom is -0.333 e. The first kappa shape index (κ1) is 6.53. The second-order valence-electron chi connectivity index (χ2n) is 1.72. The van der Waals surface area contributed by atoms with Crippen LogP contribution in [0.2, 0.25) is 0 Å². The fourth-order valence-electron chi connectivity index (χ4n) is 0.584. The molecule has 0 saturated heterocycles. The normalized spacial score (nSPS) is 9.70. The molecule has 54 valence electrons. The van der Waals surface area contributed by atoms with Gasteiger partial charge in [-0.1, -0.05) is 0 Å². The van der Waals surface area contributed by atoms with E-state index in [4.69, 9.17) is 0 Å². The van der Waals surface area contributed by atoms with Gasteiger partial charge in [0.05, 0.1) is 4.92 Å². The standard InChI is InChI=1S/C4H4N2O4/c1-2-3(6(8)9)4(7)10-5-2/h5H,1H3. The van der Waals surface area contributed by atoms with Crippen molar-refractivity contribution in [2.75, 3.05) is 0 Å². The molecule has 0 amide bonds. The van der Waals surface area contributed by atoms with Crippen LogP contribution in [-0.4, -0.2) is 10.1 Å². The second kappa shape index (κ2) is 1.98. The molecular formula is C4H4N2O4. The van der Waals surface area contributed by atoms with Crippen molar-refractivity contribution in [2.45, 2.75) is 6.92 Å². The summed E-state index contributed by atoms with van der Waals surface area (Å²) < 4.78 is 4.13. The van der Waals surface area contributed by atoms with E-state index in [1.807, 2.05) is 0 Å². The molecule has 10 heavy (non-hydrogen) atoms. The minimum atomic E-state index is -0.942. The highest BCUT2D eigenvalue weighted by molar-refractivity contribution is 5.28. The number of aryl methyl sites for hydroxylation is 1. The van der Waals surface area contributed by atoms with Gasteiger partial charge in [-0.15, -0.1) is 0 Å². The summed E-state index contributed by atoms with van der Waals surface area (Å²) in [4.78, 5) is 19.7. The van der Waals surface area contributed by atoms with E-state index < -0.39 is 16.2 Å². The Bertz CT molecular complexity index is 309. The van der Waals surface area contributed by atoms with Gasteiger partial charge in [0.15, 0.2) is 0 Å². The third kappa shape index (κ3) is 0.790. The molecule has 0 spiro atoms. The van der Waals surface area contributed by atoms with E-state index in [9.17, 15) is 14.9 Å². The Morgan fingerprint density at radius 3 is 2.50 bits per heavy atom. The Morgan fingerprint density at radius 2 is 2.30 bits per heavy atom. The molecule has 0 aliphatic heterocycles. The van der Waals surface area contributed by atoms with Gasteiger partial charge in [-0.25, -0.2) is 9.95 Å². The number of aromatic amines is 1. The van der Waals surface area contributed by atoms with Crippen LogP contribution >= 0.6 is 0 Å². The largest absolute Gasteiger partial charge is 0.435 e. The number of nitro groups is 1. The summed E-state index contributed by atoms with van der Waals surface area (Å²) in [6.07, 6.45) is 0. The number of aromatic nitrogens is 1. The van der Waals surface area contributed by atoms with Crippen LogP contribution in [0.5, 0.6) is 0 Å². The Hall–Kier alpha value is -1.59. The number of rotatable bonds is 1. The van der Waals surface area contributed by atoms with E-state index in [2.05, 4.69) is 9.68 Å². The zero-order valence-electron chi connectivity index (χ0n) is 5.08. The number of nitrogens with one attached hydrogen (secondary N) is 1. The molecule has 1 N–H and O–H groups in total. The van der Waals surface area contributed by atoms with Crippen LogP contribution in [0.1, 0.15) is 5.69 Å². The van der Waals surface area contributed by atoms with Gasteiger partial charge in [0.2, 0.25) is 0 Å². The fourth-order valence-corrected chi connectivity index (χ4v) is 0.584. The molecule has 1 aromatic heterocycles. The average Bonchev–Trinajstić information content (AvgIpc) is 2.11. The van der Waals surface area contributed by atoms with Gasteiger partial charge in [0.1, 0.15) is 5.69 Å². The quantitative estimate of drug-likeness (QED) is 0.449. The first-order valence-corrected chi connectivity index (χ1v) is 2.45. The molecule has 0 unspecified atom stereocenters. The SMILES string of the molecule is Cc1[nH]oc(=O)c1[N+](=O)[O-]. The van der Waals surface area contributed by atoms with Crippen LogP contribution in [0.3, 0.4) is 0 Å². The summed E-state index contributed by atoms with van der Waals surface area (Å²) in [6, 6.07) is 0. The molecule has 6 heteroatoms. The van der Waals surface area contributed by atoms with E-state index >= 15 is 0 Å². The Kier molecular flexibility index (Phi) is 1.29. The molecule has 0 radical (unpaired) electrons. The summed E-state index contributed by atoms with van der Waals surface area (Å²) in [7, 11) is 0. The third-order valence-corrected chi connectivity index (χ3v) is 1.03. The van der Waals surface area contributed by atoms with Crippen molar-refractivity contribution in [3.8, 4) is 0 Å². The van der Waals surface area contributed by atoms with Gasteiger partial charge in [0.25, 0.3) is 0 Å². The number of hydrogen-bond acceptors (Lipinski definition) is 4. The lowest BCUT2D eigenvalue weighted by atomic mass is 10.4. The van der Waals surface area contributed by atoms with Gasteiger partial charge in [-0.2, -0.15) is 0 Å². The third-order valence-electron chi connectivity index (χ3n) is 1.03. The summed E-state index contributed by atoms with van der Waals surface area (Å²) in [5.74, 6) is 0. The predicted molar refractivity (Wildman–Crippen MR) is 30.7 cm³/mol. The van der Waals surface area contributed by atoms with E-state index in [-0.39, 0.29) is 5.69 Å². The average molecular weight is 144 g/mol. The highest BCUT2D eigenvalue weighted by Crippen LogP contribution is 2.07. The molecule has 1 heterocycles. The van der Waals surface area contributed by atoms with Crippen molar-refractivity contribution in [2.24, 2.45) is 0 Å². The van der Waals surface area contributed by atoms with E-state index in [1.165, 1.54) is 6.92 Å². The molecule has 1 aromatic rings. The molecule has 0 bridgehead atoms. The maximum absolute atomic E-state index is 10.4. The van der Waals surface area contributed by atoms with E-state index in [1.54, 1.807) is 0 Å². The van der Waals surface area contributed by atoms with Gasteiger partial charge >= 0.3 is 11.3 Å². The van der Waals surface area contributed by atoms with Crippen molar-refractivity contribution in [3.05, 3.63) is 26.2 Å². The van der Waals surface area contributed by atoms with Crippen molar-refractivity contribution < 1.29 is 9.45 Å². The lowest BCUT2D eigenvalue weighted by molar-refractivity contribution is -0.387. The number of nitrogens with zero attached hydrogens (tertiary/aromatic N) is 1. The number of H-pyrrole nitrogens is 1. The topological polar surface area (TPSA) is 89.1 Å². The molecule has 0 atom stereocenters. The minimum absolute atomic E-state index is 0.134. The van der Waals surface area contributed by atoms with Crippen molar-refractivity contribution in [1.82, 2.24) is 5.16 Å².